The quantitative estimate of drug-likeness (QED) is 0.655. The van der Waals surface area contributed by atoms with Gasteiger partial charge in [0.1, 0.15) is 5.82 Å². The monoisotopic (exact) mass is 367 g/mol. The van der Waals surface area contributed by atoms with Gasteiger partial charge in [-0.05, 0) is 47.1 Å². The lowest BCUT2D eigenvalue weighted by atomic mass is 10.1. The van der Waals surface area contributed by atoms with Crippen molar-refractivity contribution in [1.29, 1.82) is 0 Å². The van der Waals surface area contributed by atoms with Gasteiger partial charge in [0.15, 0.2) is 0 Å². The first-order valence-electron chi connectivity index (χ1n) is 7.07. The summed E-state index contributed by atoms with van der Waals surface area (Å²) in [5.74, 6) is 0.636. The second-order valence-corrected chi connectivity index (χ2v) is 6.72. The summed E-state index contributed by atoms with van der Waals surface area (Å²) in [4.78, 5) is 1.20. The molecule has 2 rings (SSSR count). The van der Waals surface area contributed by atoms with Crippen molar-refractivity contribution in [2.24, 2.45) is 0 Å². The molecule has 0 aliphatic rings. The SMILES string of the molecule is CCCNC(CSc1ccccc1)c1cccc(Br)c1F. The van der Waals surface area contributed by atoms with E-state index in [4.69, 9.17) is 0 Å². The normalized spacial score (nSPS) is 12.3. The van der Waals surface area contributed by atoms with E-state index in [1.165, 1.54) is 4.90 Å². The zero-order valence-corrected chi connectivity index (χ0v) is 14.4. The summed E-state index contributed by atoms with van der Waals surface area (Å²) < 4.78 is 14.8. The van der Waals surface area contributed by atoms with E-state index in [0.29, 0.717) is 4.47 Å². The van der Waals surface area contributed by atoms with Gasteiger partial charge >= 0.3 is 0 Å². The molecule has 0 aliphatic carbocycles. The highest BCUT2D eigenvalue weighted by Gasteiger charge is 2.17. The average Bonchev–Trinajstić information content (AvgIpc) is 2.52. The van der Waals surface area contributed by atoms with Gasteiger partial charge in [-0.25, -0.2) is 4.39 Å². The standard InChI is InChI=1S/C17H19BrFNS/c1-2-11-20-16(12-21-13-7-4-3-5-8-13)14-9-6-10-15(18)17(14)19/h3-10,16,20H,2,11-12H2,1H3. The first kappa shape index (κ1) is 16.5. The summed E-state index contributed by atoms with van der Waals surface area (Å²) in [5, 5.41) is 3.44. The Hall–Kier alpha value is -0.840. The molecule has 112 valence electrons. The minimum atomic E-state index is -0.167. The third-order valence-corrected chi connectivity index (χ3v) is 4.88. The minimum Gasteiger partial charge on any atom is -0.309 e. The van der Waals surface area contributed by atoms with Crippen LogP contribution in [0.25, 0.3) is 0 Å². The maximum Gasteiger partial charge on any atom is 0.142 e. The highest BCUT2D eigenvalue weighted by atomic mass is 79.9. The highest BCUT2D eigenvalue weighted by Crippen LogP contribution is 2.28. The molecule has 1 unspecified atom stereocenters. The Kier molecular flexibility index (Phi) is 6.74. The van der Waals surface area contributed by atoms with Gasteiger partial charge in [-0.3, -0.25) is 0 Å². The first-order chi connectivity index (χ1) is 10.2. The molecule has 2 aromatic carbocycles. The smallest absolute Gasteiger partial charge is 0.142 e. The van der Waals surface area contributed by atoms with Crippen LogP contribution in [0.15, 0.2) is 57.9 Å². The molecule has 0 saturated carbocycles. The fourth-order valence-electron chi connectivity index (χ4n) is 2.06. The molecule has 2 aromatic rings. The number of benzene rings is 2. The number of hydrogen-bond acceptors (Lipinski definition) is 2. The summed E-state index contributed by atoms with van der Waals surface area (Å²) in [6.45, 7) is 3.00. The van der Waals surface area contributed by atoms with Crippen molar-refractivity contribution in [2.45, 2.75) is 24.3 Å². The number of rotatable bonds is 7. The fraction of sp³-hybridized carbons (Fsp3) is 0.294. The van der Waals surface area contributed by atoms with E-state index in [9.17, 15) is 4.39 Å². The zero-order valence-electron chi connectivity index (χ0n) is 12.0. The highest BCUT2D eigenvalue weighted by molar-refractivity contribution is 9.10. The summed E-state index contributed by atoms with van der Waals surface area (Å²) in [7, 11) is 0. The second kappa shape index (κ2) is 8.57. The van der Waals surface area contributed by atoms with Crippen LogP contribution in [0.3, 0.4) is 0 Å². The van der Waals surface area contributed by atoms with Crippen molar-refractivity contribution >= 4 is 27.7 Å². The van der Waals surface area contributed by atoms with Crippen LogP contribution in [0.5, 0.6) is 0 Å². The molecule has 0 aliphatic heterocycles. The predicted molar refractivity (Wildman–Crippen MR) is 92.3 cm³/mol. The molecule has 21 heavy (non-hydrogen) atoms. The van der Waals surface area contributed by atoms with Crippen molar-refractivity contribution in [2.75, 3.05) is 12.3 Å². The molecule has 4 heteroatoms. The van der Waals surface area contributed by atoms with Crippen molar-refractivity contribution in [3.63, 3.8) is 0 Å². The largest absolute Gasteiger partial charge is 0.309 e. The molecule has 0 radical (unpaired) electrons. The van der Waals surface area contributed by atoms with Crippen LogP contribution >= 0.6 is 27.7 Å². The molecule has 1 nitrogen and oxygen atoms in total. The Morgan fingerprint density at radius 3 is 2.62 bits per heavy atom. The molecular formula is C17H19BrFNS. The Balaban J connectivity index is 2.12. The molecule has 1 N–H and O–H groups in total. The number of nitrogens with one attached hydrogen (secondary N) is 1. The predicted octanol–water partition coefficient (Wildman–Crippen LogP) is 5.42. The van der Waals surface area contributed by atoms with Crippen molar-refractivity contribution < 1.29 is 4.39 Å². The van der Waals surface area contributed by atoms with E-state index in [0.717, 1.165) is 24.3 Å². The first-order valence-corrected chi connectivity index (χ1v) is 8.85. The van der Waals surface area contributed by atoms with Gasteiger partial charge in [0.05, 0.1) is 4.47 Å². The van der Waals surface area contributed by atoms with E-state index in [1.807, 2.05) is 30.3 Å². The van der Waals surface area contributed by atoms with Gasteiger partial charge in [0, 0.05) is 22.3 Å². The number of halogens is 2. The Morgan fingerprint density at radius 1 is 1.14 bits per heavy atom. The Labute approximate surface area is 138 Å². The van der Waals surface area contributed by atoms with Crippen LogP contribution < -0.4 is 5.32 Å². The van der Waals surface area contributed by atoms with Crippen molar-refractivity contribution in [1.82, 2.24) is 5.32 Å². The number of hydrogen-bond donors (Lipinski definition) is 1. The Morgan fingerprint density at radius 2 is 1.90 bits per heavy atom. The van der Waals surface area contributed by atoms with E-state index in [1.54, 1.807) is 17.8 Å². The molecular weight excluding hydrogens is 349 g/mol. The molecule has 0 bridgehead atoms. The van der Waals surface area contributed by atoms with Gasteiger partial charge in [0.25, 0.3) is 0 Å². The summed E-state index contributed by atoms with van der Waals surface area (Å²) >= 11 is 5.01. The molecule has 0 saturated heterocycles. The lowest BCUT2D eigenvalue weighted by Gasteiger charge is -2.20. The van der Waals surface area contributed by atoms with E-state index in [-0.39, 0.29) is 11.9 Å². The van der Waals surface area contributed by atoms with Gasteiger partial charge in [-0.1, -0.05) is 37.3 Å². The molecule has 0 amide bonds. The zero-order chi connectivity index (χ0) is 15.1. The van der Waals surface area contributed by atoms with Crippen molar-refractivity contribution in [3.05, 3.63) is 64.4 Å². The molecule has 0 aromatic heterocycles. The Bertz CT molecular complexity index is 562. The molecule has 0 spiro atoms. The van der Waals surface area contributed by atoms with Crippen molar-refractivity contribution in [3.8, 4) is 0 Å². The maximum absolute atomic E-state index is 14.3. The molecule has 0 fully saturated rings. The topological polar surface area (TPSA) is 12.0 Å². The summed E-state index contributed by atoms with van der Waals surface area (Å²) in [6, 6.07) is 15.7. The van der Waals surface area contributed by atoms with Crippen LogP contribution in [-0.4, -0.2) is 12.3 Å². The van der Waals surface area contributed by atoms with Crippen LogP contribution in [0.4, 0.5) is 4.39 Å². The maximum atomic E-state index is 14.3. The van der Waals surface area contributed by atoms with E-state index in [2.05, 4.69) is 40.3 Å². The van der Waals surface area contributed by atoms with Crippen LogP contribution in [0.2, 0.25) is 0 Å². The fourth-order valence-corrected chi connectivity index (χ4v) is 3.45. The average molecular weight is 368 g/mol. The van der Waals surface area contributed by atoms with Gasteiger partial charge in [0.2, 0.25) is 0 Å². The van der Waals surface area contributed by atoms with Gasteiger partial charge in [-0.2, -0.15) is 0 Å². The lowest BCUT2D eigenvalue weighted by molar-refractivity contribution is 0.529. The van der Waals surface area contributed by atoms with Crippen LogP contribution in [-0.2, 0) is 0 Å². The van der Waals surface area contributed by atoms with Gasteiger partial charge < -0.3 is 5.32 Å². The minimum absolute atomic E-state index is 0.00709. The third kappa shape index (κ3) is 4.83. The summed E-state index contributed by atoms with van der Waals surface area (Å²) in [5.41, 5.74) is 0.723. The molecule has 0 heterocycles. The van der Waals surface area contributed by atoms with Gasteiger partial charge in [-0.15, -0.1) is 11.8 Å². The van der Waals surface area contributed by atoms with E-state index < -0.39 is 0 Å². The number of thioether (sulfide) groups is 1. The third-order valence-electron chi connectivity index (χ3n) is 3.16. The second-order valence-electron chi connectivity index (χ2n) is 4.77. The lowest BCUT2D eigenvalue weighted by Crippen LogP contribution is -2.25. The molecule has 1 atom stereocenters. The summed E-state index contributed by atoms with van der Waals surface area (Å²) in [6.07, 6.45) is 1.03. The van der Waals surface area contributed by atoms with Crippen LogP contribution in [0, 0.1) is 5.82 Å². The van der Waals surface area contributed by atoms with E-state index >= 15 is 0 Å². The van der Waals surface area contributed by atoms with Crippen LogP contribution in [0.1, 0.15) is 24.9 Å².